The lowest BCUT2D eigenvalue weighted by Crippen LogP contribution is -2.39. The number of piperidine rings is 1. The van der Waals surface area contributed by atoms with Crippen LogP contribution in [0.4, 0.5) is 0 Å². The Hall–Kier alpha value is -2.60. The third kappa shape index (κ3) is 5.94. The highest BCUT2D eigenvalue weighted by molar-refractivity contribution is 5.94. The molecule has 2 atom stereocenters. The van der Waals surface area contributed by atoms with E-state index in [0.29, 0.717) is 18.4 Å². The summed E-state index contributed by atoms with van der Waals surface area (Å²) in [7, 11) is 1.59. The summed E-state index contributed by atoms with van der Waals surface area (Å²) in [5, 5.41) is 2.94. The van der Waals surface area contributed by atoms with Gasteiger partial charge in [-0.3, -0.25) is 14.5 Å². The number of carbonyl (C=O) groups excluding carboxylic acids is 2. The fourth-order valence-electron chi connectivity index (χ4n) is 4.17. The van der Waals surface area contributed by atoms with E-state index >= 15 is 0 Å². The summed E-state index contributed by atoms with van der Waals surface area (Å²) in [5.74, 6) is 1.16. The van der Waals surface area contributed by atoms with Gasteiger partial charge in [-0.1, -0.05) is 38.1 Å². The van der Waals surface area contributed by atoms with Gasteiger partial charge >= 0.3 is 0 Å². The Balaban J connectivity index is 1.54. The van der Waals surface area contributed by atoms with Gasteiger partial charge in [-0.05, 0) is 41.5 Å². The molecule has 3 rings (SSSR count). The van der Waals surface area contributed by atoms with Crippen LogP contribution in [0.3, 0.4) is 0 Å². The van der Waals surface area contributed by atoms with Crippen LogP contribution in [-0.2, 0) is 17.9 Å². The van der Waals surface area contributed by atoms with Gasteiger partial charge in [0.1, 0.15) is 0 Å². The molecular weight excluding hydrogens is 366 g/mol. The second-order valence-electron chi connectivity index (χ2n) is 8.32. The molecule has 1 aromatic heterocycles. The predicted octanol–water partition coefficient (Wildman–Crippen LogP) is 3.15. The van der Waals surface area contributed by atoms with E-state index in [1.54, 1.807) is 19.2 Å². The molecule has 1 aromatic carbocycles. The molecule has 2 heterocycles. The van der Waals surface area contributed by atoms with E-state index in [0.717, 1.165) is 25.2 Å². The molecule has 29 heavy (non-hydrogen) atoms. The summed E-state index contributed by atoms with van der Waals surface area (Å²) < 4.78 is 5.10. The molecule has 1 fully saturated rings. The Morgan fingerprint density at radius 2 is 1.79 bits per heavy atom. The summed E-state index contributed by atoms with van der Waals surface area (Å²) in [6, 6.07) is 11.5. The number of hydrogen-bond acceptors (Lipinski definition) is 4. The molecule has 1 N–H and O–H groups in total. The monoisotopic (exact) mass is 397 g/mol. The zero-order valence-corrected chi connectivity index (χ0v) is 17.6. The Kier molecular flexibility index (Phi) is 7.09. The topological polar surface area (TPSA) is 65.8 Å². The lowest BCUT2D eigenvalue weighted by molar-refractivity contribution is -0.121. The molecule has 0 unspecified atom stereocenters. The van der Waals surface area contributed by atoms with E-state index < -0.39 is 0 Å². The number of benzene rings is 1. The third-order valence-electron chi connectivity index (χ3n) is 5.39. The zero-order chi connectivity index (χ0) is 20.8. The average Bonchev–Trinajstić information content (AvgIpc) is 3.20. The number of carbonyl (C=O) groups is 2. The van der Waals surface area contributed by atoms with Crippen molar-refractivity contribution in [1.29, 1.82) is 0 Å². The first-order valence-electron chi connectivity index (χ1n) is 10.3. The Labute approximate surface area is 172 Å². The van der Waals surface area contributed by atoms with Crippen molar-refractivity contribution >= 4 is 11.8 Å². The van der Waals surface area contributed by atoms with Gasteiger partial charge in [0.05, 0.1) is 12.8 Å². The standard InChI is InChI=1S/C23H31N3O3/c1-17-11-18(2)14-26(13-17)15-20-8-5-4-7-19(20)12-24-22(27)16-25(3)23(28)21-9-6-10-29-21/h4-10,17-18H,11-16H2,1-3H3,(H,24,27)/t17-,18-/m1/s1. The van der Waals surface area contributed by atoms with Crippen molar-refractivity contribution < 1.29 is 14.0 Å². The summed E-state index contributed by atoms with van der Waals surface area (Å²) in [4.78, 5) is 28.4. The summed E-state index contributed by atoms with van der Waals surface area (Å²) >= 11 is 0. The second-order valence-corrected chi connectivity index (χ2v) is 8.32. The zero-order valence-electron chi connectivity index (χ0n) is 17.6. The van der Waals surface area contributed by atoms with E-state index in [-0.39, 0.29) is 24.1 Å². The minimum absolute atomic E-state index is 0.0111. The molecule has 1 aliphatic rings. The van der Waals surface area contributed by atoms with Crippen LogP contribution in [0.2, 0.25) is 0 Å². The van der Waals surface area contributed by atoms with Gasteiger partial charge in [-0.25, -0.2) is 0 Å². The minimum atomic E-state index is -0.307. The molecule has 0 saturated carbocycles. The SMILES string of the molecule is C[C@@H]1C[C@@H](C)CN(Cc2ccccc2CNC(=O)CN(C)C(=O)c2ccco2)C1. The highest BCUT2D eigenvalue weighted by atomic mass is 16.3. The first-order chi connectivity index (χ1) is 13.9. The van der Waals surface area contributed by atoms with Gasteiger partial charge < -0.3 is 14.6 Å². The van der Waals surface area contributed by atoms with E-state index in [4.69, 9.17) is 4.42 Å². The molecule has 6 heteroatoms. The van der Waals surface area contributed by atoms with Crippen LogP contribution < -0.4 is 5.32 Å². The molecule has 0 bridgehead atoms. The summed E-state index contributed by atoms with van der Waals surface area (Å²) in [6.07, 6.45) is 2.74. The number of likely N-dealkylation sites (N-methyl/N-ethyl adjacent to an activating group) is 1. The van der Waals surface area contributed by atoms with Crippen molar-refractivity contribution in [1.82, 2.24) is 15.1 Å². The van der Waals surface area contributed by atoms with Crippen LogP contribution in [-0.4, -0.2) is 48.3 Å². The van der Waals surface area contributed by atoms with E-state index in [2.05, 4.69) is 36.2 Å². The van der Waals surface area contributed by atoms with E-state index in [9.17, 15) is 9.59 Å². The third-order valence-corrected chi connectivity index (χ3v) is 5.39. The van der Waals surface area contributed by atoms with Crippen LogP contribution >= 0.6 is 0 Å². The number of hydrogen-bond donors (Lipinski definition) is 1. The maximum Gasteiger partial charge on any atom is 0.289 e. The molecule has 0 spiro atoms. The maximum absolute atomic E-state index is 12.3. The van der Waals surface area contributed by atoms with E-state index in [1.165, 1.54) is 23.1 Å². The fourth-order valence-corrected chi connectivity index (χ4v) is 4.17. The smallest absolute Gasteiger partial charge is 0.289 e. The van der Waals surface area contributed by atoms with Crippen molar-refractivity contribution in [3.63, 3.8) is 0 Å². The molecule has 1 aliphatic heterocycles. The number of rotatable bonds is 7. The van der Waals surface area contributed by atoms with Crippen LogP contribution in [0, 0.1) is 11.8 Å². The van der Waals surface area contributed by atoms with Crippen molar-refractivity contribution in [3.05, 3.63) is 59.5 Å². The van der Waals surface area contributed by atoms with Gasteiger partial charge in [-0.15, -0.1) is 0 Å². The normalized spacial score (nSPS) is 19.7. The number of furan rings is 1. The lowest BCUT2D eigenvalue weighted by Gasteiger charge is -2.35. The van der Waals surface area contributed by atoms with Crippen molar-refractivity contribution in [2.75, 3.05) is 26.7 Å². The van der Waals surface area contributed by atoms with Crippen molar-refractivity contribution in [2.45, 2.75) is 33.4 Å². The van der Waals surface area contributed by atoms with Crippen LogP contribution in [0.1, 0.15) is 41.9 Å². The number of nitrogens with one attached hydrogen (secondary N) is 1. The Bertz CT molecular complexity index is 809. The highest BCUT2D eigenvalue weighted by Gasteiger charge is 2.22. The van der Waals surface area contributed by atoms with Gasteiger partial charge in [-0.2, -0.15) is 0 Å². The molecule has 6 nitrogen and oxygen atoms in total. The quantitative estimate of drug-likeness (QED) is 0.779. The second kappa shape index (κ2) is 9.74. The predicted molar refractivity (Wildman–Crippen MR) is 112 cm³/mol. The first-order valence-corrected chi connectivity index (χ1v) is 10.3. The maximum atomic E-state index is 12.3. The van der Waals surface area contributed by atoms with Gasteiger partial charge in [0.2, 0.25) is 5.91 Å². The Morgan fingerprint density at radius 3 is 2.45 bits per heavy atom. The molecule has 0 radical (unpaired) electrons. The molecular formula is C23H31N3O3. The first kappa shape index (κ1) is 21.1. The van der Waals surface area contributed by atoms with Crippen molar-refractivity contribution in [3.8, 4) is 0 Å². The Morgan fingerprint density at radius 1 is 1.10 bits per heavy atom. The number of likely N-dealkylation sites (tertiary alicyclic amines) is 1. The number of amides is 2. The molecule has 1 saturated heterocycles. The number of nitrogens with zero attached hydrogens (tertiary/aromatic N) is 2. The largest absolute Gasteiger partial charge is 0.459 e. The molecule has 0 aliphatic carbocycles. The molecule has 2 aromatic rings. The van der Waals surface area contributed by atoms with E-state index in [1.807, 2.05) is 12.1 Å². The summed E-state index contributed by atoms with van der Waals surface area (Å²) in [5.41, 5.74) is 2.36. The van der Waals surface area contributed by atoms with Crippen LogP contribution in [0.25, 0.3) is 0 Å². The minimum Gasteiger partial charge on any atom is -0.459 e. The van der Waals surface area contributed by atoms with Crippen LogP contribution in [0.5, 0.6) is 0 Å². The molecule has 2 amide bonds. The van der Waals surface area contributed by atoms with Crippen molar-refractivity contribution in [2.24, 2.45) is 11.8 Å². The van der Waals surface area contributed by atoms with Gasteiger partial charge in [0.25, 0.3) is 5.91 Å². The van der Waals surface area contributed by atoms with Gasteiger partial charge in [0.15, 0.2) is 5.76 Å². The highest BCUT2D eigenvalue weighted by Crippen LogP contribution is 2.23. The average molecular weight is 398 g/mol. The van der Waals surface area contributed by atoms with Crippen LogP contribution in [0.15, 0.2) is 47.1 Å². The summed E-state index contributed by atoms with van der Waals surface area (Å²) in [6.45, 7) is 8.21. The fraction of sp³-hybridized carbons (Fsp3) is 0.478. The lowest BCUT2D eigenvalue weighted by atomic mass is 9.91. The molecule has 156 valence electrons. The van der Waals surface area contributed by atoms with Gasteiger partial charge in [0, 0.05) is 33.2 Å².